The van der Waals surface area contributed by atoms with Crippen LogP contribution in [-0.4, -0.2) is 31.0 Å². The maximum absolute atomic E-state index is 11.8. The van der Waals surface area contributed by atoms with Gasteiger partial charge in [-0.15, -0.1) is 0 Å². The Balaban J connectivity index is 1.77. The molecule has 0 aliphatic carbocycles. The Morgan fingerprint density at radius 1 is 1.00 bits per heavy atom. The first kappa shape index (κ1) is 18.9. The molecule has 0 aliphatic heterocycles. The fourth-order valence-corrected chi connectivity index (χ4v) is 2.02. The summed E-state index contributed by atoms with van der Waals surface area (Å²) in [4.78, 5) is 35.1. The fraction of sp³-hybridized carbons (Fsp3) is 0.150. The summed E-state index contributed by atoms with van der Waals surface area (Å²) in [6.45, 7) is 1.94. The minimum absolute atomic E-state index is 0.350. The topological polar surface area (TPSA) is 81.7 Å². The summed E-state index contributed by atoms with van der Waals surface area (Å²) in [7, 11) is 0. The summed E-state index contributed by atoms with van der Waals surface area (Å²) in [6.07, 6.45) is 2.77. The summed E-state index contributed by atoms with van der Waals surface area (Å²) >= 11 is 0. The monoisotopic (exact) mass is 353 g/mol. The normalized spacial score (nSPS) is 10.3. The first-order chi connectivity index (χ1) is 12.6. The predicted octanol–water partition coefficient (Wildman–Crippen LogP) is 2.60. The van der Waals surface area contributed by atoms with Crippen LogP contribution < -0.4 is 10.1 Å². The molecule has 134 valence electrons. The van der Waals surface area contributed by atoms with E-state index in [2.05, 4.69) is 5.32 Å². The molecule has 0 saturated carbocycles. The van der Waals surface area contributed by atoms with Gasteiger partial charge in [0.25, 0.3) is 11.8 Å². The molecule has 0 aromatic heterocycles. The van der Waals surface area contributed by atoms with E-state index in [0.717, 1.165) is 11.3 Å². The van der Waals surface area contributed by atoms with Crippen LogP contribution in [0, 0.1) is 0 Å². The van der Waals surface area contributed by atoms with Gasteiger partial charge >= 0.3 is 5.97 Å². The summed E-state index contributed by atoms with van der Waals surface area (Å²) in [5, 5.41) is 2.15. The van der Waals surface area contributed by atoms with Crippen LogP contribution in [0.2, 0.25) is 0 Å². The molecule has 0 heterocycles. The summed E-state index contributed by atoms with van der Waals surface area (Å²) in [5.74, 6) is -1.17. The summed E-state index contributed by atoms with van der Waals surface area (Å²) in [5.41, 5.74) is 1.14. The van der Waals surface area contributed by atoms with Crippen molar-refractivity contribution in [1.82, 2.24) is 5.32 Å². The largest absolute Gasteiger partial charge is 0.494 e. The molecule has 2 aromatic carbocycles. The lowest BCUT2D eigenvalue weighted by Crippen LogP contribution is -2.33. The number of rotatable bonds is 7. The maximum atomic E-state index is 11.8. The number of benzene rings is 2. The van der Waals surface area contributed by atoms with E-state index in [1.807, 2.05) is 6.92 Å². The molecule has 0 aliphatic rings. The summed E-state index contributed by atoms with van der Waals surface area (Å²) in [6, 6.07) is 15.4. The number of ether oxygens (including phenoxy) is 2. The highest BCUT2D eigenvalue weighted by molar-refractivity contribution is 6.05. The van der Waals surface area contributed by atoms with E-state index in [9.17, 15) is 14.4 Å². The van der Waals surface area contributed by atoms with E-state index in [1.165, 1.54) is 6.08 Å². The van der Waals surface area contributed by atoms with Crippen LogP contribution >= 0.6 is 0 Å². The van der Waals surface area contributed by atoms with Crippen molar-refractivity contribution in [1.29, 1.82) is 0 Å². The smallest absolute Gasteiger partial charge is 0.331 e. The number of imide groups is 1. The molecule has 2 rings (SSSR count). The third kappa shape index (κ3) is 6.24. The van der Waals surface area contributed by atoms with Crippen molar-refractivity contribution in [3.63, 3.8) is 0 Å². The second kappa shape index (κ2) is 9.78. The first-order valence-electron chi connectivity index (χ1n) is 8.05. The van der Waals surface area contributed by atoms with Gasteiger partial charge in [0.1, 0.15) is 5.75 Å². The third-order valence-electron chi connectivity index (χ3n) is 3.24. The van der Waals surface area contributed by atoms with Gasteiger partial charge in [-0.1, -0.05) is 30.3 Å². The van der Waals surface area contributed by atoms with E-state index < -0.39 is 24.4 Å². The molecule has 2 amide bonds. The Hall–Kier alpha value is -3.41. The minimum atomic E-state index is -0.693. The van der Waals surface area contributed by atoms with Crippen molar-refractivity contribution in [3.8, 4) is 5.75 Å². The average molecular weight is 353 g/mol. The molecular weight excluding hydrogens is 334 g/mol. The molecule has 6 heteroatoms. The predicted molar refractivity (Wildman–Crippen MR) is 96.5 cm³/mol. The van der Waals surface area contributed by atoms with Gasteiger partial charge in [-0.25, -0.2) is 4.79 Å². The van der Waals surface area contributed by atoms with Crippen LogP contribution in [0.4, 0.5) is 0 Å². The lowest BCUT2D eigenvalue weighted by Gasteiger charge is -2.04. The molecule has 0 atom stereocenters. The number of hydrogen-bond acceptors (Lipinski definition) is 5. The Bertz CT molecular complexity index is 782. The lowest BCUT2D eigenvalue weighted by molar-refractivity contribution is -0.143. The van der Waals surface area contributed by atoms with Crippen molar-refractivity contribution in [2.24, 2.45) is 0 Å². The highest BCUT2D eigenvalue weighted by Gasteiger charge is 2.11. The average Bonchev–Trinajstić information content (AvgIpc) is 2.66. The molecule has 6 nitrogen and oxygen atoms in total. The molecule has 26 heavy (non-hydrogen) atoms. The number of hydrogen-bond donors (Lipinski definition) is 1. The van der Waals surface area contributed by atoms with E-state index >= 15 is 0 Å². The number of amides is 2. The standard InChI is InChI=1S/C20H19NO5/c1-2-25-17-11-8-15(9-12-17)10-13-19(23)26-14-18(22)21-20(24)16-6-4-3-5-7-16/h3-13H,2,14H2,1H3,(H,21,22,24)/b13-10+. The van der Waals surface area contributed by atoms with E-state index in [-0.39, 0.29) is 0 Å². The molecule has 1 N–H and O–H groups in total. The molecule has 2 aromatic rings. The zero-order valence-electron chi connectivity index (χ0n) is 14.3. The van der Waals surface area contributed by atoms with Crippen molar-refractivity contribution >= 4 is 23.9 Å². The Morgan fingerprint density at radius 3 is 2.35 bits per heavy atom. The van der Waals surface area contributed by atoms with Crippen LogP contribution in [0.25, 0.3) is 6.08 Å². The van der Waals surface area contributed by atoms with Crippen LogP contribution in [0.5, 0.6) is 5.75 Å². The molecule has 0 fully saturated rings. The third-order valence-corrected chi connectivity index (χ3v) is 3.24. The van der Waals surface area contributed by atoms with Gasteiger partial charge in [-0.05, 0) is 42.8 Å². The number of esters is 1. The molecule has 0 bridgehead atoms. The SMILES string of the molecule is CCOc1ccc(/C=C/C(=O)OCC(=O)NC(=O)c2ccccc2)cc1. The quantitative estimate of drug-likeness (QED) is 0.611. The zero-order chi connectivity index (χ0) is 18.8. The van der Waals surface area contributed by atoms with Gasteiger partial charge in [-0.3, -0.25) is 14.9 Å². The van der Waals surface area contributed by atoms with E-state index in [4.69, 9.17) is 9.47 Å². The Morgan fingerprint density at radius 2 is 1.69 bits per heavy atom. The van der Waals surface area contributed by atoms with Gasteiger partial charge in [0.2, 0.25) is 0 Å². The molecule has 0 radical (unpaired) electrons. The minimum Gasteiger partial charge on any atom is -0.494 e. The second-order valence-corrected chi connectivity index (χ2v) is 5.19. The fourth-order valence-electron chi connectivity index (χ4n) is 2.02. The van der Waals surface area contributed by atoms with E-state index in [1.54, 1.807) is 60.7 Å². The van der Waals surface area contributed by atoms with Crippen molar-refractivity contribution in [2.45, 2.75) is 6.92 Å². The molecule has 0 saturated heterocycles. The molecule has 0 spiro atoms. The Kier molecular flexibility index (Phi) is 7.12. The number of nitrogens with one attached hydrogen (secondary N) is 1. The number of carbonyl (C=O) groups excluding carboxylic acids is 3. The highest BCUT2D eigenvalue weighted by atomic mass is 16.5. The van der Waals surface area contributed by atoms with E-state index in [0.29, 0.717) is 12.2 Å². The summed E-state index contributed by atoms with van der Waals surface area (Å²) < 4.78 is 10.1. The number of carbonyl (C=O) groups is 3. The van der Waals surface area contributed by atoms with Crippen LogP contribution in [0.3, 0.4) is 0 Å². The van der Waals surface area contributed by atoms with Crippen LogP contribution in [0.1, 0.15) is 22.8 Å². The first-order valence-corrected chi connectivity index (χ1v) is 8.05. The van der Waals surface area contributed by atoms with Crippen LogP contribution in [-0.2, 0) is 14.3 Å². The van der Waals surface area contributed by atoms with Gasteiger partial charge in [0.15, 0.2) is 6.61 Å². The van der Waals surface area contributed by atoms with Crippen molar-refractivity contribution in [3.05, 3.63) is 71.8 Å². The van der Waals surface area contributed by atoms with Crippen molar-refractivity contribution in [2.75, 3.05) is 13.2 Å². The molecule has 0 unspecified atom stereocenters. The second-order valence-electron chi connectivity index (χ2n) is 5.19. The maximum Gasteiger partial charge on any atom is 0.331 e. The van der Waals surface area contributed by atoms with Gasteiger partial charge in [0.05, 0.1) is 6.61 Å². The zero-order valence-corrected chi connectivity index (χ0v) is 14.3. The lowest BCUT2D eigenvalue weighted by atomic mass is 10.2. The van der Waals surface area contributed by atoms with Gasteiger partial charge < -0.3 is 9.47 Å². The van der Waals surface area contributed by atoms with Gasteiger partial charge in [-0.2, -0.15) is 0 Å². The van der Waals surface area contributed by atoms with Crippen molar-refractivity contribution < 1.29 is 23.9 Å². The Labute approximate surface area is 151 Å². The molecular formula is C20H19NO5. The van der Waals surface area contributed by atoms with Crippen LogP contribution in [0.15, 0.2) is 60.7 Å². The highest BCUT2D eigenvalue weighted by Crippen LogP contribution is 2.13. The van der Waals surface area contributed by atoms with Gasteiger partial charge in [0, 0.05) is 11.6 Å².